The lowest BCUT2D eigenvalue weighted by molar-refractivity contribution is 0.981. The van der Waals surface area contributed by atoms with Gasteiger partial charge in [-0.2, -0.15) is 0 Å². The highest BCUT2D eigenvalue weighted by Crippen LogP contribution is 2.27. The van der Waals surface area contributed by atoms with E-state index in [4.69, 9.17) is 11.5 Å². The van der Waals surface area contributed by atoms with Gasteiger partial charge < -0.3 is 16.8 Å². The van der Waals surface area contributed by atoms with E-state index in [1.807, 2.05) is 19.1 Å². The van der Waals surface area contributed by atoms with Crippen LogP contribution in [0.4, 0.5) is 17.1 Å². The fraction of sp³-hybridized carbons (Fsp3) is 0.400. The van der Waals surface area contributed by atoms with Gasteiger partial charge in [-0.3, -0.25) is 0 Å². The molecule has 1 rings (SSSR count). The van der Waals surface area contributed by atoms with Crippen molar-refractivity contribution < 1.29 is 0 Å². The molecule has 0 aromatic heterocycles. The van der Waals surface area contributed by atoms with Gasteiger partial charge in [0.2, 0.25) is 0 Å². The summed E-state index contributed by atoms with van der Waals surface area (Å²) in [6, 6.07) is 3.85. The summed E-state index contributed by atoms with van der Waals surface area (Å²) < 4.78 is 0. The maximum atomic E-state index is 5.82. The van der Waals surface area contributed by atoms with Gasteiger partial charge in [0.1, 0.15) is 0 Å². The summed E-state index contributed by atoms with van der Waals surface area (Å²) in [6.45, 7) is 4.99. The number of nitrogen functional groups attached to an aromatic ring is 2. The van der Waals surface area contributed by atoms with Crippen molar-refractivity contribution in [2.45, 2.75) is 20.3 Å². The van der Waals surface area contributed by atoms with Crippen molar-refractivity contribution in [3.8, 4) is 0 Å². The van der Waals surface area contributed by atoms with Crippen molar-refractivity contribution in [3.05, 3.63) is 17.7 Å². The van der Waals surface area contributed by atoms with Gasteiger partial charge in [-0.1, -0.05) is 6.92 Å². The van der Waals surface area contributed by atoms with Crippen molar-refractivity contribution in [1.82, 2.24) is 0 Å². The van der Waals surface area contributed by atoms with Crippen LogP contribution in [-0.2, 0) is 0 Å². The number of rotatable bonds is 3. The minimum atomic E-state index is 0.728. The van der Waals surface area contributed by atoms with E-state index in [2.05, 4.69) is 12.2 Å². The first-order valence-electron chi connectivity index (χ1n) is 4.54. The Morgan fingerprint density at radius 2 is 1.77 bits per heavy atom. The summed E-state index contributed by atoms with van der Waals surface area (Å²) in [7, 11) is 0. The van der Waals surface area contributed by atoms with E-state index in [1.165, 1.54) is 0 Å². The van der Waals surface area contributed by atoms with Crippen LogP contribution in [0.2, 0.25) is 0 Å². The number of nitrogens with one attached hydrogen (secondary N) is 1. The zero-order valence-electron chi connectivity index (χ0n) is 8.22. The van der Waals surface area contributed by atoms with Crippen molar-refractivity contribution in [1.29, 1.82) is 0 Å². The minimum Gasteiger partial charge on any atom is -0.397 e. The Kier molecular flexibility index (Phi) is 3.01. The zero-order valence-corrected chi connectivity index (χ0v) is 8.22. The van der Waals surface area contributed by atoms with Crippen molar-refractivity contribution in [2.75, 3.05) is 23.3 Å². The lowest BCUT2D eigenvalue weighted by Crippen LogP contribution is -2.06. The van der Waals surface area contributed by atoms with Crippen LogP contribution < -0.4 is 16.8 Å². The van der Waals surface area contributed by atoms with Gasteiger partial charge in [-0.05, 0) is 31.0 Å². The molecule has 0 unspecified atom stereocenters. The fourth-order valence-corrected chi connectivity index (χ4v) is 1.30. The van der Waals surface area contributed by atoms with Crippen molar-refractivity contribution in [3.63, 3.8) is 0 Å². The quantitative estimate of drug-likeness (QED) is 0.622. The molecular weight excluding hydrogens is 162 g/mol. The highest BCUT2D eigenvalue weighted by Gasteiger charge is 2.03. The monoisotopic (exact) mass is 179 g/mol. The number of hydrogen-bond donors (Lipinski definition) is 3. The second-order valence-electron chi connectivity index (χ2n) is 3.25. The lowest BCUT2D eigenvalue weighted by Gasteiger charge is -2.12. The van der Waals surface area contributed by atoms with Crippen LogP contribution in [0.5, 0.6) is 0 Å². The highest BCUT2D eigenvalue weighted by molar-refractivity contribution is 5.80. The molecule has 13 heavy (non-hydrogen) atoms. The maximum Gasteiger partial charge on any atom is 0.0807 e. The largest absolute Gasteiger partial charge is 0.397 e. The van der Waals surface area contributed by atoms with Crippen LogP contribution in [0.3, 0.4) is 0 Å². The molecule has 1 aromatic carbocycles. The number of hydrogen-bond acceptors (Lipinski definition) is 3. The van der Waals surface area contributed by atoms with Crippen LogP contribution in [0.1, 0.15) is 18.9 Å². The molecular formula is C10H17N3. The first-order valence-corrected chi connectivity index (χ1v) is 4.54. The second-order valence-corrected chi connectivity index (χ2v) is 3.25. The van der Waals surface area contributed by atoms with E-state index in [-0.39, 0.29) is 0 Å². The summed E-state index contributed by atoms with van der Waals surface area (Å²) in [5.41, 5.74) is 15.1. The van der Waals surface area contributed by atoms with E-state index in [1.54, 1.807) is 0 Å². The zero-order chi connectivity index (χ0) is 9.84. The summed E-state index contributed by atoms with van der Waals surface area (Å²) in [6.07, 6.45) is 1.06. The second kappa shape index (κ2) is 4.03. The molecule has 3 heteroatoms. The van der Waals surface area contributed by atoms with Gasteiger partial charge in [0, 0.05) is 6.54 Å². The van der Waals surface area contributed by atoms with Crippen LogP contribution in [0.15, 0.2) is 12.1 Å². The first-order chi connectivity index (χ1) is 6.15. The summed E-state index contributed by atoms with van der Waals surface area (Å²) in [5, 5.41) is 3.21. The standard InChI is InChI=1S/C10H17N3/c1-3-4-13-10-8(11)5-7(2)6-9(10)12/h5-6,13H,3-4,11-12H2,1-2H3. The molecule has 0 saturated carbocycles. The fourth-order valence-electron chi connectivity index (χ4n) is 1.30. The molecule has 72 valence electrons. The molecule has 0 aliphatic carbocycles. The molecule has 0 fully saturated rings. The van der Waals surface area contributed by atoms with Crippen LogP contribution in [0, 0.1) is 6.92 Å². The van der Waals surface area contributed by atoms with E-state index in [0.29, 0.717) is 0 Å². The Morgan fingerprint density at radius 3 is 2.23 bits per heavy atom. The Labute approximate surface area is 79.1 Å². The molecule has 5 N–H and O–H groups in total. The third-order valence-corrected chi connectivity index (χ3v) is 1.90. The van der Waals surface area contributed by atoms with E-state index in [0.717, 1.165) is 35.6 Å². The van der Waals surface area contributed by atoms with E-state index < -0.39 is 0 Å². The Morgan fingerprint density at radius 1 is 1.23 bits per heavy atom. The van der Waals surface area contributed by atoms with Gasteiger partial charge >= 0.3 is 0 Å². The molecule has 0 spiro atoms. The van der Waals surface area contributed by atoms with Gasteiger partial charge in [0.25, 0.3) is 0 Å². The SMILES string of the molecule is CCCNc1c(N)cc(C)cc1N. The van der Waals surface area contributed by atoms with Gasteiger partial charge in [0.05, 0.1) is 17.1 Å². The molecule has 0 bridgehead atoms. The maximum absolute atomic E-state index is 5.82. The van der Waals surface area contributed by atoms with Gasteiger partial charge in [-0.15, -0.1) is 0 Å². The Bertz CT molecular complexity index is 271. The molecule has 0 atom stereocenters. The normalized spacial score (nSPS) is 10.0. The number of nitrogens with two attached hydrogens (primary N) is 2. The van der Waals surface area contributed by atoms with Crippen LogP contribution in [0.25, 0.3) is 0 Å². The van der Waals surface area contributed by atoms with Crippen LogP contribution in [-0.4, -0.2) is 6.54 Å². The molecule has 0 amide bonds. The van der Waals surface area contributed by atoms with Crippen LogP contribution >= 0.6 is 0 Å². The third kappa shape index (κ3) is 2.28. The Hall–Kier alpha value is -1.38. The number of benzene rings is 1. The van der Waals surface area contributed by atoms with E-state index in [9.17, 15) is 0 Å². The summed E-state index contributed by atoms with van der Waals surface area (Å²) in [4.78, 5) is 0. The minimum absolute atomic E-state index is 0.728. The molecule has 3 nitrogen and oxygen atoms in total. The average Bonchev–Trinajstić information content (AvgIpc) is 2.02. The van der Waals surface area contributed by atoms with Gasteiger partial charge in [0.15, 0.2) is 0 Å². The first kappa shape index (κ1) is 9.71. The summed E-state index contributed by atoms with van der Waals surface area (Å²) in [5.74, 6) is 0. The van der Waals surface area contributed by atoms with Crippen molar-refractivity contribution in [2.24, 2.45) is 0 Å². The van der Waals surface area contributed by atoms with Gasteiger partial charge in [-0.25, -0.2) is 0 Å². The number of anilines is 3. The third-order valence-electron chi connectivity index (χ3n) is 1.90. The molecule has 0 heterocycles. The molecule has 0 saturated heterocycles. The topological polar surface area (TPSA) is 64.1 Å². The Balaban J connectivity index is 2.92. The molecule has 0 aliphatic heterocycles. The van der Waals surface area contributed by atoms with E-state index >= 15 is 0 Å². The predicted octanol–water partition coefficient (Wildman–Crippen LogP) is 1.98. The lowest BCUT2D eigenvalue weighted by atomic mass is 10.1. The van der Waals surface area contributed by atoms with Crippen molar-refractivity contribution >= 4 is 17.1 Å². The summed E-state index contributed by atoms with van der Waals surface area (Å²) >= 11 is 0. The molecule has 1 aromatic rings. The average molecular weight is 179 g/mol. The smallest absolute Gasteiger partial charge is 0.0807 e. The highest BCUT2D eigenvalue weighted by atomic mass is 14.9. The predicted molar refractivity (Wildman–Crippen MR) is 58.8 cm³/mol. The molecule has 0 aliphatic rings. The molecule has 0 radical (unpaired) electrons. The number of aryl methyl sites for hydroxylation is 1.